The molecule has 28 heavy (non-hydrogen) atoms. The van der Waals surface area contributed by atoms with Crippen LogP contribution < -0.4 is 30.6 Å². The highest BCUT2D eigenvalue weighted by Gasteiger charge is 2.18. The number of rotatable bonds is 10. The van der Waals surface area contributed by atoms with E-state index in [4.69, 9.17) is 19.9 Å². The standard InChI is InChI=1S/C20H31N3O5/c1-26-16-11-14(12-17(27-2)19(16)28-13-18(21)24)20(25)23-10-9-22-15-7-5-3-4-6-8-15/h11-12,15,22H,3-10,13H2,1-2H3,(H2,21,24)(H,23,25). The minimum absolute atomic E-state index is 0.232. The summed E-state index contributed by atoms with van der Waals surface area (Å²) in [6, 6.07) is 3.64. The fraction of sp³-hybridized carbons (Fsp3) is 0.600. The molecule has 0 atom stereocenters. The Bertz CT molecular complexity index is 632. The summed E-state index contributed by atoms with van der Waals surface area (Å²) in [6.07, 6.45) is 7.58. The lowest BCUT2D eigenvalue weighted by atomic mass is 10.1. The van der Waals surface area contributed by atoms with Crippen molar-refractivity contribution in [1.29, 1.82) is 0 Å². The second-order valence-electron chi connectivity index (χ2n) is 6.86. The summed E-state index contributed by atoms with van der Waals surface area (Å²) in [5, 5.41) is 6.42. The predicted octanol–water partition coefficient (Wildman–Crippen LogP) is 1.61. The first-order valence-corrected chi connectivity index (χ1v) is 9.74. The number of benzene rings is 1. The number of ether oxygens (including phenoxy) is 3. The molecular formula is C20H31N3O5. The van der Waals surface area contributed by atoms with Crippen LogP contribution in [0.15, 0.2) is 12.1 Å². The van der Waals surface area contributed by atoms with Crippen LogP contribution in [0.5, 0.6) is 17.2 Å². The lowest BCUT2D eigenvalue weighted by Crippen LogP contribution is -2.36. The molecule has 0 saturated heterocycles. The van der Waals surface area contributed by atoms with E-state index in [-0.39, 0.29) is 18.3 Å². The maximum atomic E-state index is 12.5. The molecule has 1 aliphatic rings. The number of methoxy groups -OCH3 is 2. The van der Waals surface area contributed by atoms with E-state index in [2.05, 4.69) is 10.6 Å². The maximum Gasteiger partial charge on any atom is 0.255 e. The monoisotopic (exact) mass is 393 g/mol. The quantitative estimate of drug-likeness (QED) is 0.411. The summed E-state index contributed by atoms with van der Waals surface area (Å²) in [5.41, 5.74) is 5.50. The molecule has 2 rings (SSSR count). The van der Waals surface area contributed by atoms with E-state index in [0.29, 0.717) is 29.6 Å². The lowest BCUT2D eigenvalue weighted by Gasteiger charge is -2.17. The largest absolute Gasteiger partial charge is 0.493 e. The van der Waals surface area contributed by atoms with Gasteiger partial charge in [0.05, 0.1) is 14.2 Å². The van der Waals surface area contributed by atoms with Crippen molar-refractivity contribution in [3.63, 3.8) is 0 Å². The van der Waals surface area contributed by atoms with Crippen molar-refractivity contribution < 1.29 is 23.8 Å². The molecule has 0 unspecified atom stereocenters. The highest BCUT2D eigenvalue weighted by Crippen LogP contribution is 2.38. The van der Waals surface area contributed by atoms with E-state index in [1.165, 1.54) is 52.7 Å². The van der Waals surface area contributed by atoms with Gasteiger partial charge in [0.25, 0.3) is 11.8 Å². The van der Waals surface area contributed by atoms with Crippen LogP contribution >= 0.6 is 0 Å². The fourth-order valence-electron chi connectivity index (χ4n) is 3.33. The first-order valence-electron chi connectivity index (χ1n) is 9.74. The van der Waals surface area contributed by atoms with E-state index < -0.39 is 5.91 Å². The van der Waals surface area contributed by atoms with Gasteiger partial charge in [-0.2, -0.15) is 0 Å². The van der Waals surface area contributed by atoms with Crippen LogP contribution in [-0.2, 0) is 4.79 Å². The van der Waals surface area contributed by atoms with Crippen LogP contribution in [0.2, 0.25) is 0 Å². The van der Waals surface area contributed by atoms with Gasteiger partial charge in [0.1, 0.15) is 0 Å². The van der Waals surface area contributed by atoms with Crippen molar-refractivity contribution in [2.24, 2.45) is 5.73 Å². The molecule has 1 aliphatic carbocycles. The van der Waals surface area contributed by atoms with Crippen LogP contribution in [0.1, 0.15) is 48.9 Å². The third kappa shape index (κ3) is 6.60. The average molecular weight is 393 g/mol. The molecule has 8 nitrogen and oxygen atoms in total. The first-order chi connectivity index (χ1) is 13.5. The zero-order chi connectivity index (χ0) is 20.4. The van der Waals surface area contributed by atoms with E-state index in [9.17, 15) is 9.59 Å². The SMILES string of the molecule is COc1cc(C(=O)NCCNC2CCCCCC2)cc(OC)c1OCC(N)=O. The third-order valence-corrected chi connectivity index (χ3v) is 4.78. The van der Waals surface area contributed by atoms with Crippen LogP contribution in [0.4, 0.5) is 0 Å². The van der Waals surface area contributed by atoms with Crippen LogP contribution in [0.3, 0.4) is 0 Å². The van der Waals surface area contributed by atoms with Crippen LogP contribution in [0, 0.1) is 0 Å². The molecule has 156 valence electrons. The van der Waals surface area contributed by atoms with E-state index in [0.717, 1.165) is 6.54 Å². The molecule has 2 amide bonds. The summed E-state index contributed by atoms with van der Waals surface area (Å²) >= 11 is 0. The molecule has 0 aliphatic heterocycles. The van der Waals surface area contributed by atoms with Crippen molar-refractivity contribution in [2.75, 3.05) is 33.9 Å². The molecule has 0 spiro atoms. The number of carbonyl (C=O) groups excluding carboxylic acids is 2. The van der Waals surface area contributed by atoms with Crippen LogP contribution in [0.25, 0.3) is 0 Å². The van der Waals surface area contributed by atoms with E-state index in [1.54, 1.807) is 12.1 Å². The highest BCUT2D eigenvalue weighted by molar-refractivity contribution is 5.95. The van der Waals surface area contributed by atoms with Gasteiger partial charge < -0.3 is 30.6 Å². The number of amides is 2. The second kappa shape index (κ2) is 11.4. The Morgan fingerprint density at radius 2 is 1.64 bits per heavy atom. The van der Waals surface area contributed by atoms with Crippen LogP contribution in [-0.4, -0.2) is 51.8 Å². The fourth-order valence-corrected chi connectivity index (χ4v) is 3.33. The molecule has 0 bridgehead atoms. The van der Waals surface area contributed by atoms with Gasteiger partial charge >= 0.3 is 0 Å². The Morgan fingerprint density at radius 3 is 2.18 bits per heavy atom. The molecule has 4 N–H and O–H groups in total. The maximum absolute atomic E-state index is 12.5. The number of nitrogens with two attached hydrogens (primary N) is 1. The van der Waals surface area contributed by atoms with Gasteiger partial charge in [0, 0.05) is 24.7 Å². The Kier molecular flexibility index (Phi) is 8.87. The van der Waals surface area contributed by atoms with Crippen molar-refractivity contribution in [3.05, 3.63) is 17.7 Å². The number of carbonyl (C=O) groups is 2. The van der Waals surface area contributed by atoms with Gasteiger partial charge in [0.15, 0.2) is 18.1 Å². The number of primary amides is 1. The van der Waals surface area contributed by atoms with Gasteiger partial charge in [0.2, 0.25) is 5.75 Å². The average Bonchev–Trinajstić information content (AvgIpc) is 2.97. The zero-order valence-corrected chi connectivity index (χ0v) is 16.7. The van der Waals surface area contributed by atoms with Gasteiger partial charge in [-0.25, -0.2) is 0 Å². The van der Waals surface area contributed by atoms with Gasteiger partial charge in [-0.15, -0.1) is 0 Å². The van der Waals surface area contributed by atoms with Crippen molar-refractivity contribution in [1.82, 2.24) is 10.6 Å². The van der Waals surface area contributed by atoms with Gasteiger partial charge in [-0.1, -0.05) is 25.7 Å². The van der Waals surface area contributed by atoms with Crippen molar-refractivity contribution >= 4 is 11.8 Å². The highest BCUT2D eigenvalue weighted by atomic mass is 16.5. The molecule has 8 heteroatoms. The summed E-state index contributed by atoms with van der Waals surface area (Å²) in [7, 11) is 2.90. The third-order valence-electron chi connectivity index (χ3n) is 4.78. The Hall–Kier alpha value is -2.48. The van der Waals surface area contributed by atoms with Crippen molar-refractivity contribution in [2.45, 2.75) is 44.6 Å². The summed E-state index contributed by atoms with van der Waals surface area (Å²) in [4.78, 5) is 23.5. The van der Waals surface area contributed by atoms with Crippen molar-refractivity contribution in [3.8, 4) is 17.2 Å². The summed E-state index contributed by atoms with van der Waals surface area (Å²) in [6.45, 7) is 0.940. The molecule has 0 heterocycles. The summed E-state index contributed by atoms with van der Waals surface area (Å²) < 4.78 is 15.9. The Balaban J connectivity index is 1.93. The minimum atomic E-state index is -0.618. The Labute approximate surface area is 166 Å². The summed E-state index contributed by atoms with van der Waals surface area (Å²) in [5.74, 6) is -0.0344. The first kappa shape index (κ1) is 21.8. The predicted molar refractivity (Wildman–Crippen MR) is 106 cm³/mol. The normalized spacial score (nSPS) is 14.8. The molecular weight excluding hydrogens is 362 g/mol. The molecule has 1 saturated carbocycles. The van der Waals surface area contributed by atoms with Gasteiger partial charge in [-0.05, 0) is 25.0 Å². The molecule has 1 aromatic rings. The zero-order valence-electron chi connectivity index (χ0n) is 16.7. The number of nitrogens with one attached hydrogen (secondary N) is 2. The van der Waals surface area contributed by atoms with Gasteiger partial charge in [-0.3, -0.25) is 9.59 Å². The van der Waals surface area contributed by atoms with E-state index >= 15 is 0 Å². The lowest BCUT2D eigenvalue weighted by molar-refractivity contribution is -0.120. The molecule has 0 radical (unpaired) electrons. The van der Waals surface area contributed by atoms with E-state index in [1.807, 2.05) is 0 Å². The molecule has 1 fully saturated rings. The Morgan fingerprint density at radius 1 is 1.04 bits per heavy atom. The number of hydrogen-bond donors (Lipinski definition) is 3. The topological polar surface area (TPSA) is 112 Å². The second-order valence-corrected chi connectivity index (χ2v) is 6.86. The smallest absolute Gasteiger partial charge is 0.255 e. The molecule has 0 aromatic heterocycles. The molecule has 1 aromatic carbocycles. The minimum Gasteiger partial charge on any atom is -0.493 e. The number of hydrogen-bond acceptors (Lipinski definition) is 6.